The van der Waals surface area contributed by atoms with E-state index in [0.29, 0.717) is 18.5 Å². The zero-order chi connectivity index (χ0) is 15.5. The van der Waals surface area contributed by atoms with E-state index in [1.807, 2.05) is 35.9 Å². The summed E-state index contributed by atoms with van der Waals surface area (Å²) in [4.78, 5) is 16.4. The maximum absolute atomic E-state index is 13.1. The number of aromatic nitrogens is 2. The van der Waals surface area contributed by atoms with Gasteiger partial charge in [0, 0.05) is 30.9 Å². The highest BCUT2D eigenvalue weighted by Gasteiger charge is 2.07. The first-order chi connectivity index (χ1) is 10.6. The first-order valence-corrected chi connectivity index (χ1v) is 7.10. The molecule has 1 N–H and O–H groups in total. The summed E-state index contributed by atoms with van der Waals surface area (Å²) in [7, 11) is 0. The zero-order valence-corrected chi connectivity index (χ0v) is 12.2. The number of rotatable bonds is 4. The summed E-state index contributed by atoms with van der Waals surface area (Å²) < 4.78 is 15.0. The fourth-order valence-corrected chi connectivity index (χ4v) is 2.29. The normalized spacial score (nSPS) is 10.8. The molecule has 0 atom stereocenters. The third-order valence-corrected chi connectivity index (χ3v) is 3.42. The quantitative estimate of drug-likeness (QED) is 0.805. The van der Waals surface area contributed by atoms with E-state index in [1.54, 1.807) is 6.07 Å². The molecular formula is C17H16FN3O. The van der Waals surface area contributed by atoms with Crippen LogP contribution in [0.4, 0.5) is 4.39 Å². The van der Waals surface area contributed by atoms with E-state index in [1.165, 1.54) is 18.2 Å². The highest BCUT2D eigenvalue weighted by Crippen LogP contribution is 2.08. The summed E-state index contributed by atoms with van der Waals surface area (Å²) in [6, 6.07) is 9.68. The summed E-state index contributed by atoms with van der Waals surface area (Å²) in [5, 5.41) is 2.78. The lowest BCUT2D eigenvalue weighted by atomic mass is 10.2. The lowest BCUT2D eigenvalue weighted by molar-refractivity contribution is 0.0953. The minimum absolute atomic E-state index is 0.279. The summed E-state index contributed by atoms with van der Waals surface area (Å²) >= 11 is 0. The van der Waals surface area contributed by atoms with E-state index in [2.05, 4.69) is 10.3 Å². The number of carbonyl (C=O) groups excluding carboxylic acids is 1. The van der Waals surface area contributed by atoms with Crippen molar-refractivity contribution in [3.05, 3.63) is 71.4 Å². The van der Waals surface area contributed by atoms with Crippen LogP contribution in [0, 0.1) is 12.7 Å². The van der Waals surface area contributed by atoms with Crippen LogP contribution in [0.15, 0.2) is 48.8 Å². The average Bonchev–Trinajstić information content (AvgIpc) is 2.89. The highest BCUT2D eigenvalue weighted by molar-refractivity contribution is 5.94. The van der Waals surface area contributed by atoms with Crippen molar-refractivity contribution in [2.45, 2.75) is 13.3 Å². The number of fused-ring (bicyclic) bond motifs is 1. The van der Waals surface area contributed by atoms with Crippen LogP contribution >= 0.6 is 0 Å². The second-order valence-corrected chi connectivity index (χ2v) is 5.22. The van der Waals surface area contributed by atoms with Gasteiger partial charge >= 0.3 is 0 Å². The molecule has 0 unspecified atom stereocenters. The molecule has 0 aliphatic rings. The molecule has 1 amide bonds. The number of nitrogens with one attached hydrogen (secondary N) is 1. The number of pyridine rings is 1. The van der Waals surface area contributed by atoms with Crippen LogP contribution in [0.3, 0.4) is 0 Å². The number of halogens is 1. The van der Waals surface area contributed by atoms with Gasteiger partial charge in [-0.1, -0.05) is 6.07 Å². The highest BCUT2D eigenvalue weighted by atomic mass is 19.1. The van der Waals surface area contributed by atoms with Gasteiger partial charge in [0.05, 0.1) is 5.69 Å². The van der Waals surface area contributed by atoms with Crippen molar-refractivity contribution in [2.75, 3.05) is 6.54 Å². The third kappa shape index (κ3) is 3.14. The van der Waals surface area contributed by atoms with Crippen molar-refractivity contribution in [2.24, 2.45) is 0 Å². The molecule has 1 aromatic carbocycles. The van der Waals surface area contributed by atoms with Gasteiger partial charge in [-0.3, -0.25) is 4.79 Å². The Labute approximate surface area is 127 Å². The Balaban J connectivity index is 1.61. The number of amides is 1. The van der Waals surface area contributed by atoms with Crippen LogP contribution in [-0.2, 0) is 6.42 Å². The Morgan fingerprint density at radius 2 is 2.18 bits per heavy atom. The number of hydrogen-bond acceptors (Lipinski definition) is 2. The SMILES string of the molecule is Cc1ccn2cc(CCNC(=O)c3cccc(F)c3)nc2c1. The minimum atomic E-state index is -0.414. The largest absolute Gasteiger partial charge is 0.352 e. The second-order valence-electron chi connectivity index (χ2n) is 5.22. The molecule has 2 heterocycles. The number of imidazole rings is 1. The average molecular weight is 297 g/mol. The third-order valence-electron chi connectivity index (χ3n) is 3.42. The Hall–Kier alpha value is -2.69. The fourth-order valence-electron chi connectivity index (χ4n) is 2.29. The van der Waals surface area contributed by atoms with Gasteiger partial charge in [-0.15, -0.1) is 0 Å². The summed E-state index contributed by atoms with van der Waals surface area (Å²) in [5.41, 5.74) is 3.28. The molecule has 112 valence electrons. The van der Waals surface area contributed by atoms with Gasteiger partial charge in [0.1, 0.15) is 11.5 Å². The smallest absolute Gasteiger partial charge is 0.251 e. The van der Waals surface area contributed by atoms with E-state index >= 15 is 0 Å². The molecule has 3 rings (SSSR count). The zero-order valence-electron chi connectivity index (χ0n) is 12.2. The second kappa shape index (κ2) is 5.97. The van der Waals surface area contributed by atoms with E-state index < -0.39 is 5.82 Å². The van der Waals surface area contributed by atoms with Gasteiger partial charge in [0.2, 0.25) is 0 Å². The first-order valence-electron chi connectivity index (χ1n) is 7.10. The lowest BCUT2D eigenvalue weighted by Gasteiger charge is -2.03. The number of aryl methyl sites for hydroxylation is 1. The first kappa shape index (κ1) is 14.3. The van der Waals surface area contributed by atoms with Gasteiger partial charge in [-0.2, -0.15) is 0 Å². The lowest BCUT2D eigenvalue weighted by Crippen LogP contribution is -2.25. The summed E-state index contributed by atoms with van der Waals surface area (Å²) in [6.07, 6.45) is 4.54. The number of benzene rings is 1. The van der Waals surface area contributed by atoms with E-state index in [9.17, 15) is 9.18 Å². The molecule has 0 spiro atoms. The molecule has 2 aromatic heterocycles. The van der Waals surface area contributed by atoms with Crippen molar-refractivity contribution < 1.29 is 9.18 Å². The van der Waals surface area contributed by atoms with E-state index in [4.69, 9.17) is 0 Å². The Morgan fingerprint density at radius 1 is 1.32 bits per heavy atom. The molecule has 0 saturated carbocycles. The summed E-state index contributed by atoms with van der Waals surface area (Å²) in [6.45, 7) is 2.48. The molecule has 0 aliphatic carbocycles. The van der Waals surface area contributed by atoms with Gasteiger partial charge < -0.3 is 9.72 Å². The molecule has 5 heteroatoms. The van der Waals surface area contributed by atoms with Crippen molar-refractivity contribution in [1.82, 2.24) is 14.7 Å². The van der Waals surface area contributed by atoms with Gasteiger partial charge in [-0.05, 0) is 42.8 Å². The van der Waals surface area contributed by atoms with E-state index in [0.717, 1.165) is 16.9 Å². The van der Waals surface area contributed by atoms with Crippen molar-refractivity contribution in [3.8, 4) is 0 Å². The van der Waals surface area contributed by atoms with Crippen LogP contribution in [0.2, 0.25) is 0 Å². The molecule has 0 bridgehead atoms. The van der Waals surface area contributed by atoms with Crippen LogP contribution in [-0.4, -0.2) is 21.8 Å². The Kier molecular flexibility index (Phi) is 3.87. The maximum atomic E-state index is 13.1. The van der Waals surface area contributed by atoms with Crippen LogP contribution < -0.4 is 5.32 Å². The van der Waals surface area contributed by atoms with Gasteiger partial charge in [0.15, 0.2) is 0 Å². The molecule has 0 aliphatic heterocycles. The van der Waals surface area contributed by atoms with Gasteiger partial charge in [-0.25, -0.2) is 9.37 Å². The molecular weight excluding hydrogens is 281 g/mol. The molecule has 22 heavy (non-hydrogen) atoms. The fraction of sp³-hybridized carbons (Fsp3) is 0.176. The van der Waals surface area contributed by atoms with Crippen molar-refractivity contribution >= 4 is 11.6 Å². The van der Waals surface area contributed by atoms with Crippen LogP contribution in [0.25, 0.3) is 5.65 Å². The monoisotopic (exact) mass is 297 g/mol. The number of carbonyl (C=O) groups is 1. The number of hydrogen-bond donors (Lipinski definition) is 1. The van der Waals surface area contributed by atoms with Crippen LogP contribution in [0.5, 0.6) is 0 Å². The van der Waals surface area contributed by atoms with Crippen molar-refractivity contribution in [3.63, 3.8) is 0 Å². The Bertz CT molecular complexity index is 826. The molecule has 3 aromatic rings. The van der Waals surface area contributed by atoms with Crippen LogP contribution in [0.1, 0.15) is 21.6 Å². The topological polar surface area (TPSA) is 46.4 Å². The molecule has 4 nitrogen and oxygen atoms in total. The maximum Gasteiger partial charge on any atom is 0.251 e. The van der Waals surface area contributed by atoms with Gasteiger partial charge in [0.25, 0.3) is 5.91 Å². The van der Waals surface area contributed by atoms with Crippen molar-refractivity contribution in [1.29, 1.82) is 0 Å². The standard InChI is InChI=1S/C17H16FN3O/c1-12-6-8-21-11-15(20-16(21)9-12)5-7-19-17(22)13-3-2-4-14(18)10-13/h2-4,6,8-11H,5,7H2,1H3,(H,19,22). The molecule has 0 radical (unpaired) electrons. The predicted octanol–water partition coefficient (Wildman–Crippen LogP) is 2.75. The predicted molar refractivity (Wildman–Crippen MR) is 82.4 cm³/mol. The summed E-state index contributed by atoms with van der Waals surface area (Å²) in [5.74, 6) is -0.692. The molecule has 0 fully saturated rings. The Morgan fingerprint density at radius 3 is 3.00 bits per heavy atom. The number of nitrogens with zero attached hydrogens (tertiary/aromatic N) is 2. The minimum Gasteiger partial charge on any atom is -0.352 e. The van der Waals surface area contributed by atoms with E-state index in [-0.39, 0.29) is 5.91 Å². The molecule has 0 saturated heterocycles.